The van der Waals surface area contributed by atoms with Crippen molar-refractivity contribution in [3.63, 3.8) is 0 Å². The van der Waals surface area contributed by atoms with Crippen LogP contribution in [-0.4, -0.2) is 21.8 Å². The van der Waals surface area contributed by atoms with E-state index in [4.69, 9.17) is 5.73 Å². The van der Waals surface area contributed by atoms with Crippen LogP contribution in [0.3, 0.4) is 0 Å². The van der Waals surface area contributed by atoms with Crippen LogP contribution in [-0.2, 0) is 0 Å². The Labute approximate surface area is 95.9 Å². The van der Waals surface area contributed by atoms with Crippen molar-refractivity contribution in [1.82, 2.24) is 9.97 Å². The maximum atomic E-state index is 6.06. The van der Waals surface area contributed by atoms with Crippen LogP contribution in [0, 0.1) is 12.3 Å². The Bertz CT molecular complexity index is 320. The lowest BCUT2D eigenvalue weighted by Gasteiger charge is -2.26. The molecule has 0 saturated heterocycles. The molecular weight excluding hydrogens is 206 g/mol. The Morgan fingerprint density at radius 2 is 2.13 bits per heavy atom. The molecule has 1 heterocycles. The molecule has 1 aromatic heterocycles. The normalized spacial score (nSPS) is 13.9. The zero-order valence-electron chi connectivity index (χ0n) is 9.82. The van der Waals surface area contributed by atoms with Gasteiger partial charge in [-0.15, -0.1) is 0 Å². The molecule has 84 valence electrons. The molecule has 0 amide bonds. The van der Waals surface area contributed by atoms with Crippen molar-refractivity contribution in [2.75, 3.05) is 5.75 Å². The highest BCUT2D eigenvalue weighted by molar-refractivity contribution is 7.99. The minimum atomic E-state index is 0.136. The van der Waals surface area contributed by atoms with Crippen molar-refractivity contribution in [3.8, 4) is 0 Å². The van der Waals surface area contributed by atoms with Crippen molar-refractivity contribution < 1.29 is 0 Å². The average molecular weight is 225 g/mol. The number of nitrogens with two attached hydrogens (primary N) is 1. The summed E-state index contributed by atoms with van der Waals surface area (Å²) in [4.78, 5) is 8.51. The molecule has 0 spiro atoms. The van der Waals surface area contributed by atoms with Crippen molar-refractivity contribution in [1.29, 1.82) is 0 Å². The minimum absolute atomic E-state index is 0.136. The summed E-state index contributed by atoms with van der Waals surface area (Å²) in [6.45, 7) is 8.41. The van der Waals surface area contributed by atoms with Crippen LogP contribution >= 0.6 is 11.8 Å². The van der Waals surface area contributed by atoms with E-state index in [9.17, 15) is 0 Å². The van der Waals surface area contributed by atoms with E-state index in [1.807, 2.05) is 13.0 Å². The van der Waals surface area contributed by atoms with Crippen LogP contribution in [0.1, 0.15) is 26.5 Å². The Kier molecular flexibility index (Phi) is 4.11. The molecule has 1 atom stereocenters. The fourth-order valence-electron chi connectivity index (χ4n) is 0.910. The van der Waals surface area contributed by atoms with E-state index < -0.39 is 0 Å². The van der Waals surface area contributed by atoms with Gasteiger partial charge in [0, 0.05) is 23.7 Å². The highest BCUT2D eigenvalue weighted by Crippen LogP contribution is 2.23. The number of hydrogen-bond donors (Lipinski definition) is 1. The van der Waals surface area contributed by atoms with Crippen LogP contribution < -0.4 is 5.73 Å². The van der Waals surface area contributed by atoms with Gasteiger partial charge in [-0.1, -0.05) is 32.5 Å². The largest absolute Gasteiger partial charge is 0.326 e. The van der Waals surface area contributed by atoms with Crippen LogP contribution in [0.15, 0.2) is 17.4 Å². The van der Waals surface area contributed by atoms with Crippen LogP contribution in [0.2, 0.25) is 0 Å². The van der Waals surface area contributed by atoms with Crippen LogP contribution in [0.5, 0.6) is 0 Å². The molecule has 0 aromatic carbocycles. The fourth-order valence-corrected chi connectivity index (χ4v) is 2.08. The molecule has 4 heteroatoms. The Hall–Kier alpha value is -0.610. The van der Waals surface area contributed by atoms with E-state index in [2.05, 4.69) is 30.7 Å². The van der Waals surface area contributed by atoms with E-state index in [1.165, 1.54) is 0 Å². The maximum absolute atomic E-state index is 6.06. The number of thioether (sulfide) groups is 1. The highest BCUT2D eigenvalue weighted by Gasteiger charge is 2.20. The molecule has 15 heavy (non-hydrogen) atoms. The monoisotopic (exact) mass is 225 g/mol. The SMILES string of the molecule is Cc1ccnc(SCC(N)C(C)(C)C)n1. The summed E-state index contributed by atoms with van der Waals surface area (Å²) in [6.07, 6.45) is 1.78. The van der Waals surface area contributed by atoms with E-state index in [0.717, 1.165) is 16.6 Å². The van der Waals surface area contributed by atoms with Gasteiger partial charge in [0.05, 0.1) is 0 Å². The molecule has 0 fully saturated rings. The number of rotatable bonds is 3. The summed E-state index contributed by atoms with van der Waals surface area (Å²) < 4.78 is 0. The molecule has 0 aliphatic rings. The number of aromatic nitrogens is 2. The second-order valence-electron chi connectivity index (χ2n) is 4.76. The predicted octanol–water partition coefficient (Wildman–Crippen LogP) is 2.25. The molecule has 0 saturated carbocycles. The summed E-state index contributed by atoms with van der Waals surface area (Å²) in [5.41, 5.74) is 7.19. The molecule has 2 N–H and O–H groups in total. The molecule has 3 nitrogen and oxygen atoms in total. The van der Waals surface area contributed by atoms with E-state index in [1.54, 1.807) is 18.0 Å². The Balaban J connectivity index is 2.51. The van der Waals surface area contributed by atoms with Gasteiger partial charge >= 0.3 is 0 Å². The van der Waals surface area contributed by atoms with E-state index in [-0.39, 0.29) is 11.5 Å². The smallest absolute Gasteiger partial charge is 0.187 e. The highest BCUT2D eigenvalue weighted by atomic mass is 32.2. The molecule has 1 unspecified atom stereocenters. The summed E-state index contributed by atoms with van der Waals surface area (Å²) >= 11 is 1.62. The van der Waals surface area contributed by atoms with Gasteiger partial charge in [0.2, 0.25) is 0 Å². The van der Waals surface area contributed by atoms with Gasteiger partial charge in [0.25, 0.3) is 0 Å². The van der Waals surface area contributed by atoms with Gasteiger partial charge in [-0.2, -0.15) is 0 Å². The molecule has 0 aliphatic carbocycles. The third-order valence-electron chi connectivity index (χ3n) is 2.28. The minimum Gasteiger partial charge on any atom is -0.326 e. The van der Waals surface area contributed by atoms with Crippen LogP contribution in [0.25, 0.3) is 0 Å². The van der Waals surface area contributed by atoms with Gasteiger partial charge in [-0.3, -0.25) is 0 Å². The number of aryl methyl sites for hydroxylation is 1. The standard InChI is InChI=1S/C11H19N3S/c1-8-5-6-13-10(14-8)15-7-9(12)11(2,3)4/h5-6,9H,7,12H2,1-4H3. The van der Waals surface area contributed by atoms with Crippen molar-refractivity contribution in [2.45, 2.75) is 38.9 Å². The first-order valence-corrected chi connectivity index (χ1v) is 6.06. The van der Waals surface area contributed by atoms with E-state index >= 15 is 0 Å². The summed E-state index contributed by atoms with van der Waals surface area (Å²) in [5.74, 6) is 0.854. The lowest BCUT2D eigenvalue weighted by Crippen LogP contribution is -2.37. The third-order valence-corrected chi connectivity index (χ3v) is 3.26. The first-order chi connectivity index (χ1) is 6.89. The number of nitrogens with zero attached hydrogens (tertiary/aromatic N) is 2. The maximum Gasteiger partial charge on any atom is 0.187 e. The Morgan fingerprint density at radius 3 is 2.67 bits per heavy atom. The predicted molar refractivity (Wildman–Crippen MR) is 64.9 cm³/mol. The number of hydrogen-bond acceptors (Lipinski definition) is 4. The van der Waals surface area contributed by atoms with Crippen LogP contribution in [0.4, 0.5) is 0 Å². The van der Waals surface area contributed by atoms with Gasteiger partial charge < -0.3 is 5.73 Å². The van der Waals surface area contributed by atoms with Crippen molar-refractivity contribution >= 4 is 11.8 Å². The summed E-state index contributed by atoms with van der Waals surface area (Å²) in [5, 5.41) is 0.815. The first kappa shape index (κ1) is 12.5. The van der Waals surface area contributed by atoms with Gasteiger partial charge in [-0.05, 0) is 18.4 Å². The summed E-state index contributed by atoms with van der Waals surface area (Å²) in [6, 6.07) is 2.06. The molecule has 1 rings (SSSR count). The van der Waals surface area contributed by atoms with Gasteiger partial charge in [-0.25, -0.2) is 9.97 Å². The fraction of sp³-hybridized carbons (Fsp3) is 0.636. The topological polar surface area (TPSA) is 51.8 Å². The zero-order chi connectivity index (χ0) is 11.5. The molecule has 0 radical (unpaired) electrons. The molecule has 0 bridgehead atoms. The second-order valence-corrected chi connectivity index (χ2v) is 5.75. The van der Waals surface area contributed by atoms with E-state index in [0.29, 0.717) is 0 Å². The summed E-state index contributed by atoms with van der Waals surface area (Å²) in [7, 11) is 0. The molecular formula is C11H19N3S. The lowest BCUT2D eigenvalue weighted by atomic mass is 9.89. The first-order valence-electron chi connectivity index (χ1n) is 5.07. The van der Waals surface area contributed by atoms with Crippen molar-refractivity contribution in [3.05, 3.63) is 18.0 Å². The van der Waals surface area contributed by atoms with Gasteiger partial charge in [0.1, 0.15) is 0 Å². The zero-order valence-corrected chi connectivity index (χ0v) is 10.6. The second kappa shape index (κ2) is 4.94. The third kappa shape index (κ3) is 4.18. The average Bonchev–Trinajstić information content (AvgIpc) is 2.12. The van der Waals surface area contributed by atoms with Crippen molar-refractivity contribution in [2.24, 2.45) is 11.1 Å². The molecule has 1 aromatic rings. The lowest BCUT2D eigenvalue weighted by molar-refractivity contribution is 0.344. The van der Waals surface area contributed by atoms with Gasteiger partial charge in [0.15, 0.2) is 5.16 Å². The molecule has 0 aliphatic heterocycles. The Morgan fingerprint density at radius 1 is 1.47 bits per heavy atom. The quantitative estimate of drug-likeness (QED) is 0.633.